The van der Waals surface area contributed by atoms with E-state index in [4.69, 9.17) is 37.0 Å². The van der Waals surface area contributed by atoms with Crippen molar-refractivity contribution in [2.75, 3.05) is 39.6 Å². The lowest BCUT2D eigenvalue weighted by atomic mass is 10.0. The summed E-state index contributed by atoms with van der Waals surface area (Å²) in [4.78, 5) is 73.1. The third-order valence-corrected chi connectivity index (χ3v) is 21.1. The Kier molecular flexibility index (Phi) is 72.2. The second kappa shape index (κ2) is 73.6. The molecule has 0 saturated carbocycles. The van der Waals surface area contributed by atoms with Crippen molar-refractivity contribution in [1.82, 2.24) is 0 Å². The van der Waals surface area contributed by atoms with E-state index in [1.54, 1.807) is 0 Å². The maximum absolute atomic E-state index is 13.1. The molecule has 3 N–H and O–H groups in total. The molecule has 0 radical (unpaired) electrons. The molecule has 0 fully saturated rings. The van der Waals surface area contributed by atoms with Gasteiger partial charge in [-0.3, -0.25) is 37.3 Å². The third-order valence-electron chi connectivity index (χ3n) is 19.2. The number of carbonyl (C=O) groups is 4. The standard InChI is InChI=1S/C82H160O17P2/c1-7-9-11-13-15-17-19-21-23-24-25-26-27-29-33-38-42-48-55-61-67-81(86)98-77(70-92-79(84)64-58-52-46-40-36-34-30-31-35-39-44-50-56-62-74(3)4)72-96-100(88,89)94-68-76(83)69-95-101(90,91)97-73-78(71-93-80(85)65-59-53-49-43-45-51-57-63-75(5)6)99-82(87)66-60-54-47-41-37-32-28-22-20-18-16-14-12-10-8-2/h74-78,83H,7-73H2,1-6H3,(H,88,89)(H,90,91)/t76-,77-,78-/m1/s1. The van der Waals surface area contributed by atoms with E-state index in [9.17, 15) is 43.2 Å². The minimum Gasteiger partial charge on any atom is -0.462 e. The van der Waals surface area contributed by atoms with Crippen molar-refractivity contribution in [3.8, 4) is 0 Å². The van der Waals surface area contributed by atoms with Crippen LogP contribution in [0.1, 0.15) is 433 Å². The van der Waals surface area contributed by atoms with Gasteiger partial charge in [0.2, 0.25) is 0 Å². The molecule has 19 heteroatoms. The molecule has 17 nitrogen and oxygen atoms in total. The molecule has 5 atom stereocenters. The summed E-state index contributed by atoms with van der Waals surface area (Å²) in [6, 6.07) is 0. The van der Waals surface area contributed by atoms with Crippen molar-refractivity contribution < 1.29 is 80.2 Å². The van der Waals surface area contributed by atoms with Gasteiger partial charge in [-0.15, -0.1) is 0 Å². The van der Waals surface area contributed by atoms with Gasteiger partial charge in [-0.2, -0.15) is 0 Å². The molecule has 0 aliphatic carbocycles. The Morgan fingerprint density at radius 2 is 0.455 bits per heavy atom. The molecule has 2 unspecified atom stereocenters. The Labute approximate surface area is 619 Å². The van der Waals surface area contributed by atoms with Gasteiger partial charge in [-0.1, -0.05) is 382 Å². The minimum atomic E-state index is -4.96. The van der Waals surface area contributed by atoms with Gasteiger partial charge in [0.1, 0.15) is 19.3 Å². The summed E-state index contributed by atoms with van der Waals surface area (Å²) in [5, 5.41) is 10.6. The van der Waals surface area contributed by atoms with E-state index < -0.39 is 97.5 Å². The van der Waals surface area contributed by atoms with Crippen LogP contribution in [-0.2, 0) is 65.4 Å². The van der Waals surface area contributed by atoms with Crippen LogP contribution in [0.25, 0.3) is 0 Å². The highest BCUT2D eigenvalue weighted by Gasteiger charge is 2.30. The summed E-state index contributed by atoms with van der Waals surface area (Å²) in [6.07, 6.45) is 63.9. The van der Waals surface area contributed by atoms with Gasteiger partial charge in [0.25, 0.3) is 0 Å². The van der Waals surface area contributed by atoms with Gasteiger partial charge in [0.05, 0.1) is 26.4 Å². The van der Waals surface area contributed by atoms with Gasteiger partial charge in [-0.25, -0.2) is 9.13 Å². The number of aliphatic hydroxyl groups is 1. The van der Waals surface area contributed by atoms with E-state index in [0.717, 1.165) is 102 Å². The molecule has 0 aliphatic rings. The maximum Gasteiger partial charge on any atom is 0.472 e. The predicted molar refractivity (Wildman–Crippen MR) is 414 cm³/mol. The van der Waals surface area contributed by atoms with E-state index in [2.05, 4.69) is 41.5 Å². The lowest BCUT2D eigenvalue weighted by Gasteiger charge is -2.21. The molecular formula is C82H160O17P2. The molecule has 0 aromatic rings. The van der Waals surface area contributed by atoms with Crippen molar-refractivity contribution in [2.24, 2.45) is 11.8 Å². The van der Waals surface area contributed by atoms with Crippen LogP contribution in [0.2, 0.25) is 0 Å². The summed E-state index contributed by atoms with van der Waals surface area (Å²) in [5.41, 5.74) is 0. The zero-order valence-electron chi connectivity index (χ0n) is 66.2. The average molecular weight is 1480 g/mol. The van der Waals surface area contributed by atoms with Crippen molar-refractivity contribution in [2.45, 2.75) is 452 Å². The van der Waals surface area contributed by atoms with E-state index in [0.29, 0.717) is 31.6 Å². The largest absolute Gasteiger partial charge is 0.472 e. The van der Waals surface area contributed by atoms with Crippen molar-refractivity contribution in [1.29, 1.82) is 0 Å². The number of hydrogen-bond acceptors (Lipinski definition) is 15. The molecule has 0 aromatic heterocycles. The van der Waals surface area contributed by atoms with Gasteiger partial charge < -0.3 is 33.8 Å². The molecule has 101 heavy (non-hydrogen) atoms. The highest BCUT2D eigenvalue weighted by Crippen LogP contribution is 2.45. The Balaban J connectivity index is 5.23. The first-order valence-electron chi connectivity index (χ1n) is 42.5. The highest BCUT2D eigenvalue weighted by atomic mass is 31.2. The zero-order valence-corrected chi connectivity index (χ0v) is 68.0. The molecule has 0 spiro atoms. The number of phosphoric ester groups is 2. The number of aliphatic hydroxyl groups excluding tert-OH is 1. The Morgan fingerprint density at radius 1 is 0.267 bits per heavy atom. The second-order valence-electron chi connectivity index (χ2n) is 30.5. The van der Waals surface area contributed by atoms with Crippen LogP contribution in [0.4, 0.5) is 0 Å². The number of esters is 4. The molecule has 600 valence electrons. The number of hydrogen-bond donors (Lipinski definition) is 3. The quantitative estimate of drug-likeness (QED) is 0.0222. The number of phosphoric acid groups is 2. The van der Waals surface area contributed by atoms with Crippen LogP contribution in [-0.4, -0.2) is 96.7 Å². The number of unbranched alkanes of at least 4 members (excludes halogenated alkanes) is 51. The molecule has 0 bridgehead atoms. The van der Waals surface area contributed by atoms with E-state index >= 15 is 0 Å². The predicted octanol–water partition coefficient (Wildman–Crippen LogP) is 24.7. The monoisotopic (exact) mass is 1480 g/mol. The minimum absolute atomic E-state index is 0.108. The summed E-state index contributed by atoms with van der Waals surface area (Å²) >= 11 is 0. The summed E-state index contributed by atoms with van der Waals surface area (Å²) in [5.74, 6) is -0.611. The second-order valence-corrected chi connectivity index (χ2v) is 33.4. The summed E-state index contributed by atoms with van der Waals surface area (Å²) < 4.78 is 68.7. The van der Waals surface area contributed by atoms with E-state index in [-0.39, 0.29) is 25.7 Å². The Morgan fingerprint density at radius 3 is 0.673 bits per heavy atom. The van der Waals surface area contributed by atoms with Gasteiger partial charge >= 0.3 is 39.5 Å². The smallest absolute Gasteiger partial charge is 0.462 e. The summed E-state index contributed by atoms with van der Waals surface area (Å²) in [7, 11) is -9.92. The first-order valence-corrected chi connectivity index (χ1v) is 45.5. The number of ether oxygens (including phenoxy) is 4. The molecule has 0 heterocycles. The number of rotatable bonds is 81. The van der Waals surface area contributed by atoms with Crippen LogP contribution in [0.15, 0.2) is 0 Å². The maximum atomic E-state index is 13.1. The molecule has 0 rings (SSSR count). The molecule has 0 saturated heterocycles. The van der Waals surface area contributed by atoms with E-state index in [1.165, 1.54) is 244 Å². The van der Waals surface area contributed by atoms with Crippen LogP contribution < -0.4 is 0 Å². The SMILES string of the molecule is CCCCCCCCCCCCCCCCCCCCCCC(=O)O[C@H](COC(=O)CCCCCCCCCCCCCCCC(C)C)COP(=O)(O)OC[C@@H](O)COP(=O)(O)OC[C@@H](COC(=O)CCCCCCCCCC(C)C)OC(=O)CCCCCCCCCCCCCCCCC. The van der Waals surface area contributed by atoms with Crippen LogP contribution >= 0.6 is 15.6 Å². The van der Waals surface area contributed by atoms with E-state index in [1.807, 2.05) is 0 Å². The molecule has 0 amide bonds. The van der Waals surface area contributed by atoms with Crippen molar-refractivity contribution in [3.05, 3.63) is 0 Å². The van der Waals surface area contributed by atoms with Crippen LogP contribution in [0.3, 0.4) is 0 Å². The fourth-order valence-corrected chi connectivity index (χ4v) is 14.3. The third kappa shape index (κ3) is 76.1. The normalized spacial score (nSPS) is 13.9. The summed E-state index contributed by atoms with van der Waals surface area (Å²) in [6.45, 7) is 9.61. The lowest BCUT2D eigenvalue weighted by Crippen LogP contribution is -2.30. The van der Waals surface area contributed by atoms with Gasteiger partial charge in [0, 0.05) is 25.7 Å². The van der Waals surface area contributed by atoms with Crippen molar-refractivity contribution >= 4 is 39.5 Å². The van der Waals surface area contributed by atoms with Crippen molar-refractivity contribution in [3.63, 3.8) is 0 Å². The molecule has 0 aliphatic heterocycles. The fraction of sp³-hybridized carbons (Fsp3) is 0.951. The first kappa shape index (κ1) is 99.1. The Hall–Kier alpha value is -1.94. The van der Waals surface area contributed by atoms with Gasteiger partial charge in [-0.05, 0) is 37.5 Å². The average Bonchev–Trinajstić information content (AvgIpc) is 0.942. The van der Waals surface area contributed by atoms with Crippen LogP contribution in [0, 0.1) is 11.8 Å². The Bertz CT molecular complexity index is 1940. The van der Waals surface area contributed by atoms with Crippen LogP contribution in [0.5, 0.6) is 0 Å². The zero-order chi connectivity index (χ0) is 74.2. The number of carbonyl (C=O) groups excluding carboxylic acids is 4. The highest BCUT2D eigenvalue weighted by molar-refractivity contribution is 7.47. The first-order chi connectivity index (χ1) is 48.9. The van der Waals surface area contributed by atoms with Gasteiger partial charge in [0.15, 0.2) is 12.2 Å². The molecular weight excluding hydrogens is 1320 g/mol. The lowest BCUT2D eigenvalue weighted by molar-refractivity contribution is -0.161. The fourth-order valence-electron chi connectivity index (χ4n) is 12.7. The topological polar surface area (TPSA) is 237 Å². The molecule has 0 aromatic carbocycles.